The minimum Gasteiger partial charge on any atom is -0.497 e. The number of aromatic nitrogens is 1. The van der Waals surface area contributed by atoms with E-state index in [2.05, 4.69) is 10.3 Å². The summed E-state index contributed by atoms with van der Waals surface area (Å²) in [5.41, 5.74) is 0.262. The predicted molar refractivity (Wildman–Crippen MR) is 79.6 cm³/mol. The lowest BCUT2D eigenvalue weighted by atomic mass is 10.2. The predicted octanol–water partition coefficient (Wildman–Crippen LogP) is 2.30. The summed E-state index contributed by atoms with van der Waals surface area (Å²) < 4.78 is 10.3. The first-order valence-corrected chi connectivity index (χ1v) is 6.34. The van der Waals surface area contributed by atoms with Gasteiger partial charge in [-0.05, 0) is 18.2 Å². The first-order valence-electron chi connectivity index (χ1n) is 5.96. The fourth-order valence-corrected chi connectivity index (χ4v) is 1.86. The highest BCUT2D eigenvalue weighted by Gasteiger charge is 2.12. The number of H-pyrrole nitrogens is 1. The van der Waals surface area contributed by atoms with Gasteiger partial charge in [0.1, 0.15) is 16.5 Å². The van der Waals surface area contributed by atoms with Crippen molar-refractivity contribution in [1.29, 1.82) is 0 Å². The van der Waals surface area contributed by atoms with E-state index in [-0.39, 0.29) is 10.6 Å². The summed E-state index contributed by atoms with van der Waals surface area (Å²) in [6.07, 6.45) is 1.29. The van der Waals surface area contributed by atoms with Crippen LogP contribution in [-0.4, -0.2) is 25.1 Å². The minimum absolute atomic E-state index is 0.0515. The Balaban J connectivity index is 2.26. The van der Waals surface area contributed by atoms with Crippen molar-refractivity contribution in [2.45, 2.75) is 0 Å². The number of methoxy groups -OCH3 is 2. The Morgan fingerprint density at radius 2 is 2.00 bits per heavy atom. The van der Waals surface area contributed by atoms with E-state index in [1.54, 1.807) is 18.2 Å². The molecule has 0 unspecified atom stereocenters. The fourth-order valence-electron chi connectivity index (χ4n) is 1.68. The molecule has 0 fully saturated rings. The molecule has 6 nitrogen and oxygen atoms in total. The Hall–Kier alpha value is -2.47. The second-order valence-electron chi connectivity index (χ2n) is 4.09. The van der Waals surface area contributed by atoms with Crippen LogP contribution in [-0.2, 0) is 0 Å². The van der Waals surface area contributed by atoms with Crippen LogP contribution in [0.2, 0.25) is 5.02 Å². The molecule has 2 aromatic rings. The Bertz CT molecular complexity index is 727. The lowest BCUT2D eigenvalue weighted by Gasteiger charge is -2.11. The third-order valence-corrected chi connectivity index (χ3v) is 3.06. The van der Waals surface area contributed by atoms with Crippen LogP contribution in [0.1, 0.15) is 10.4 Å². The molecule has 0 aliphatic carbocycles. The molecule has 1 aromatic carbocycles. The van der Waals surface area contributed by atoms with Gasteiger partial charge in [0.2, 0.25) is 0 Å². The van der Waals surface area contributed by atoms with Crippen molar-refractivity contribution in [2.24, 2.45) is 0 Å². The molecule has 7 heteroatoms. The van der Waals surface area contributed by atoms with E-state index in [4.69, 9.17) is 21.1 Å². The van der Waals surface area contributed by atoms with Crippen LogP contribution in [0.15, 0.2) is 35.3 Å². The molecular formula is C14H13ClN2O4. The average molecular weight is 309 g/mol. The molecule has 1 amide bonds. The molecule has 0 spiro atoms. The van der Waals surface area contributed by atoms with E-state index < -0.39 is 11.5 Å². The Kier molecular flexibility index (Phi) is 4.49. The summed E-state index contributed by atoms with van der Waals surface area (Å²) in [7, 11) is 3.02. The molecule has 1 aromatic heterocycles. The maximum atomic E-state index is 12.1. The number of anilines is 1. The standard InChI is InChI=1S/C14H13ClN2O4/c1-20-9-3-4-11(12(6-9)21-2)17-13(18)8-5-10(15)14(19)16-7-8/h3-7H,1-2H3,(H,16,19)(H,17,18). The summed E-state index contributed by atoms with van der Waals surface area (Å²) in [6.45, 7) is 0. The van der Waals surface area contributed by atoms with E-state index in [1.165, 1.54) is 26.5 Å². The number of pyridine rings is 1. The highest BCUT2D eigenvalue weighted by atomic mass is 35.5. The van der Waals surface area contributed by atoms with E-state index in [0.717, 1.165) is 0 Å². The number of hydrogen-bond donors (Lipinski definition) is 2. The number of aromatic amines is 1. The van der Waals surface area contributed by atoms with Crippen LogP contribution in [0, 0.1) is 0 Å². The summed E-state index contributed by atoms with van der Waals surface area (Å²) >= 11 is 5.69. The van der Waals surface area contributed by atoms with Crippen LogP contribution in [0.25, 0.3) is 0 Å². The molecule has 0 bridgehead atoms. The van der Waals surface area contributed by atoms with Crippen molar-refractivity contribution in [3.05, 3.63) is 51.4 Å². The van der Waals surface area contributed by atoms with Crippen molar-refractivity contribution in [1.82, 2.24) is 4.98 Å². The van der Waals surface area contributed by atoms with Gasteiger partial charge in [0.05, 0.1) is 25.5 Å². The number of rotatable bonds is 4. The third kappa shape index (κ3) is 3.35. The number of nitrogens with one attached hydrogen (secondary N) is 2. The molecule has 0 radical (unpaired) electrons. The molecule has 21 heavy (non-hydrogen) atoms. The van der Waals surface area contributed by atoms with Gasteiger partial charge in [0.15, 0.2) is 0 Å². The molecule has 2 rings (SSSR count). The quantitative estimate of drug-likeness (QED) is 0.908. The van der Waals surface area contributed by atoms with E-state index in [9.17, 15) is 9.59 Å². The van der Waals surface area contributed by atoms with Gasteiger partial charge in [-0.15, -0.1) is 0 Å². The fraction of sp³-hybridized carbons (Fsp3) is 0.143. The number of ether oxygens (including phenoxy) is 2. The maximum absolute atomic E-state index is 12.1. The number of carbonyl (C=O) groups excluding carboxylic acids is 1. The summed E-state index contributed by atoms with van der Waals surface area (Å²) in [5, 5.41) is 2.62. The summed E-state index contributed by atoms with van der Waals surface area (Å²) in [4.78, 5) is 25.7. The number of halogens is 1. The van der Waals surface area contributed by atoms with Crippen molar-refractivity contribution in [3.63, 3.8) is 0 Å². The average Bonchev–Trinajstić information content (AvgIpc) is 2.50. The second-order valence-corrected chi connectivity index (χ2v) is 4.49. The van der Waals surface area contributed by atoms with Gasteiger partial charge in [0.25, 0.3) is 11.5 Å². The smallest absolute Gasteiger partial charge is 0.266 e. The molecule has 0 saturated carbocycles. The third-order valence-electron chi connectivity index (χ3n) is 2.78. The summed E-state index contributed by atoms with van der Waals surface area (Å²) in [6, 6.07) is 6.29. The molecule has 0 saturated heterocycles. The minimum atomic E-state index is -0.449. The topological polar surface area (TPSA) is 80.4 Å². The van der Waals surface area contributed by atoms with Gasteiger partial charge in [-0.1, -0.05) is 11.6 Å². The first kappa shape index (κ1) is 14.9. The zero-order valence-electron chi connectivity index (χ0n) is 11.4. The van der Waals surface area contributed by atoms with Crippen molar-refractivity contribution >= 4 is 23.2 Å². The molecule has 0 aliphatic heterocycles. The summed E-state index contributed by atoms with van der Waals surface area (Å²) in [5.74, 6) is 0.645. The van der Waals surface area contributed by atoms with Crippen molar-refractivity contribution < 1.29 is 14.3 Å². The van der Waals surface area contributed by atoms with Gasteiger partial charge in [0, 0.05) is 12.3 Å². The van der Waals surface area contributed by atoms with E-state index in [0.29, 0.717) is 17.2 Å². The van der Waals surface area contributed by atoms with Gasteiger partial charge < -0.3 is 19.8 Å². The lowest BCUT2D eigenvalue weighted by Crippen LogP contribution is -2.16. The zero-order chi connectivity index (χ0) is 15.4. The molecule has 2 N–H and O–H groups in total. The van der Waals surface area contributed by atoms with E-state index >= 15 is 0 Å². The highest BCUT2D eigenvalue weighted by molar-refractivity contribution is 6.30. The van der Waals surface area contributed by atoms with Gasteiger partial charge >= 0.3 is 0 Å². The van der Waals surface area contributed by atoms with Crippen LogP contribution < -0.4 is 20.3 Å². The first-order chi connectivity index (χ1) is 10.0. The largest absolute Gasteiger partial charge is 0.497 e. The van der Waals surface area contributed by atoms with E-state index in [1.807, 2.05) is 0 Å². The number of amides is 1. The normalized spacial score (nSPS) is 10.0. The van der Waals surface area contributed by atoms with Crippen LogP contribution in [0.3, 0.4) is 0 Å². The van der Waals surface area contributed by atoms with Gasteiger partial charge in [-0.2, -0.15) is 0 Å². The maximum Gasteiger partial charge on any atom is 0.266 e. The molecule has 1 heterocycles. The monoisotopic (exact) mass is 308 g/mol. The van der Waals surface area contributed by atoms with Crippen LogP contribution in [0.4, 0.5) is 5.69 Å². The molecule has 110 valence electrons. The number of benzene rings is 1. The molecule has 0 atom stereocenters. The highest BCUT2D eigenvalue weighted by Crippen LogP contribution is 2.29. The Morgan fingerprint density at radius 3 is 2.62 bits per heavy atom. The van der Waals surface area contributed by atoms with Crippen molar-refractivity contribution in [2.75, 3.05) is 19.5 Å². The van der Waals surface area contributed by atoms with Gasteiger partial charge in [-0.25, -0.2) is 0 Å². The Morgan fingerprint density at radius 1 is 1.24 bits per heavy atom. The molecular weight excluding hydrogens is 296 g/mol. The van der Waals surface area contributed by atoms with Crippen LogP contribution >= 0.6 is 11.6 Å². The lowest BCUT2D eigenvalue weighted by molar-refractivity contribution is 0.102. The SMILES string of the molecule is COc1ccc(NC(=O)c2c[nH]c(=O)c(Cl)c2)c(OC)c1. The number of carbonyl (C=O) groups is 1. The van der Waals surface area contributed by atoms with Gasteiger partial charge in [-0.3, -0.25) is 9.59 Å². The van der Waals surface area contributed by atoms with Crippen LogP contribution in [0.5, 0.6) is 11.5 Å². The van der Waals surface area contributed by atoms with Crippen molar-refractivity contribution in [3.8, 4) is 11.5 Å². The molecule has 0 aliphatic rings. The number of hydrogen-bond acceptors (Lipinski definition) is 4. The zero-order valence-corrected chi connectivity index (χ0v) is 12.2. The second kappa shape index (κ2) is 6.32. The Labute approximate surface area is 125 Å².